The van der Waals surface area contributed by atoms with Crippen molar-refractivity contribution in [1.29, 1.82) is 0 Å². The zero-order valence-corrected chi connectivity index (χ0v) is 8.71. The lowest BCUT2D eigenvalue weighted by Crippen LogP contribution is -2.33. The zero-order valence-electron chi connectivity index (χ0n) is 8.71. The Hall–Kier alpha value is -0.0800. The van der Waals surface area contributed by atoms with E-state index >= 15 is 0 Å². The van der Waals surface area contributed by atoms with Crippen molar-refractivity contribution in [2.24, 2.45) is 23.5 Å². The van der Waals surface area contributed by atoms with Gasteiger partial charge in [0.2, 0.25) is 0 Å². The summed E-state index contributed by atoms with van der Waals surface area (Å²) in [5, 5.41) is 0. The molecule has 2 nitrogen and oxygen atoms in total. The Kier molecular flexibility index (Phi) is 2.89. The van der Waals surface area contributed by atoms with Crippen LogP contribution in [0.1, 0.15) is 26.2 Å². The number of rotatable bonds is 5. The van der Waals surface area contributed by atoms with Gasteiger partial charge in [-0.25, -0.2) is 0 Å². The topological polar surface area (TPSA) is 29.3 Å². The second-order valence-electron chi connectivity index (χ2n) is 4.78. The van der Waals surface area contributed by atoms with E-state index in [2.05, 4.69) is 11.8 Å². The SMILES string of the molecule is CCN(CCN)CC1CC2CC2C1. The van der Waals surface area contributed by atoms with Gasteiger partial charge in [0.15, 0.2) is 0 Å². The maximum Gasteiger partial charge on any atom is 0.0105 e. The van der Waals surface area contributed by atoms with Crippen molar-refractivity contribution in [1.82, 2.24) is 4.90 Å². The molecule has 2 rings (SSSR count). The molecule has 2 fully saturated rings. The Labute approximate surface area is 81.5 Å². The fourth-order valence-corrected chi connectivity index (χ4v) is 2.92. The molecule has 2 unspecified atom stereocenters. The van der Waals surface area contributed by atoms with Crippen molar-refractivity contribution in [3.05, 3.63) is 0 Å². The van der Waals surface area contributed by atoms with E-state index in [-0.39, 0.29) is 0 Å². The van der Waals surface area contributed by atoms with Crippen molar-refractivity contribution in [3.63, 3.8) is 0 Å². The average molecular weight is 182 g/mol. The van der Waals surface area contributed by atoms with Gasteiger partial charge >= 0.3 is 0 Å². The third-order valence-corrected chi connectivity index (χ3v) is 3.75. The highest BCUT2D eigenvalue weighted by Gasteiger charge is 2.45. The molecule has 0 saturated heterocycles. The van der Waals surface area contributed by atoms with Crippen molar-refractivity contribution >= 4 is 0 Å². The van der Waals surface area contributed by atoms with E-state index in [1.165, 1.54) is 25.9 Å². The quantitative estimate of drug-likeness (QED) is 0.694. The van der Waals surface area contributed by atoms with Crippen molar-refractivity contribution < 1.29 is 0 Å². The van der Waals surface area contributed by atoms with Crippen LogP contribution in [0.25, 0.3) is 0 Å². The van der Waals surface area contributed by atoms with Crippen LogP contribution in [0.4, 0.5) is 0 Å². The summed E-state index contributed by atoms with van der Waals surface area (Å²) < 4.78 is 0. The first kappa shape index (κ1) is 9.47. The first-order valence-corrected chi connectivity index (χ1v) is 5.76. The highest BCUT2D eigenvalue weighted by Crippen LogP contribution is 2.54. The highest BCUT2D eigenvalue weighted by molar-refractivity contribution is 4.96. The Morgan fingerprint density at radius 1 is 1.23 bits per heavy atom. The molecule has 0 heterocycles. The number of nitrogens with two attached hydrogens (primary N) is 1. The monoisotopic (exact) mass is 182 g/mol. The fraction of sp³-hybridized carbons (Fsp3) is 1.00. The van der Waals surface area contributed by atoms with Crippen LogP contribution in [0.15, 0.2) is 0 Å². The summed E-state index contributed by atoms with van der Waals surface area (Å²) >= 11 is 0. The molecular weight excluding hydrogens is 160 g/mol. The molecule has 0 bridgehead atoms. The molecule has 0 aromatic heterocycles. The first-order chi connectivity index (χ1) is 6.33. The Balaban J connectivity index is 1.69. The Bertz CT molecular complexity index is 159. The van der Waals surface area contributed by atoms with Crippen molar-refractivity contribution in [2.75, 3.05) is 26.2 Å². The number of hydrogen-bond acceptors (Lipinski definition) is 2. The summed E-state index contributed by atoms with van der Waals surface area (Å²) in [6, 6.07) is 0. The minimum Gasteiger partial charge on any atom is -0.329 e. The lowest BCUT2D eigenvalue weighted by atomic mass is 10.0. The third kappa shape index (κ3) is 2.23. The molecule has 0 spiro atoms. The molecule has 2 aliphatic rings. The van der Waals surface area contributed by atoms with Crippen molar-refractivity contribution in [3.8, 4) is 0 Å². The summed E-state index contributed by atoms with van der Waals surface area (Å²) in [5.41, 5.74) is 5.57. The van der Waals surface area contributed by atoms with Gasteiger partial charge in [-0.15, -0.1) is 0 Å². The van der Waals surface area contributed by atoms with E-state index in [0.717, 1.165) is 30.8 Å². The predicted octanol–water partition coefficient (Wildman–Crippen LogP) is 1.31. The number of likely N-dealkylation sites (N-methyl/N-ethyl adjacent to an activating group) is 1. The first-order valence-electron chi connectivity index (χ1n) is 5.76. The Morgan fingerprint density at radius 3 is 2.46 bits per heavy atom. The molecular formula is C11H22N2. The summed E-state index contributed by atoms with van der Waals surface area (Å²) in [5.74, 6) is 3.25. The molecule has 0 aliphatic heterocycles. The van der Waals surface area contributed by atoms with Crippen LogP contribution in [0.3, 0.4) is 0 Å². The number of fused-ring (bicyclic) bond motifs is 1. The lowest BCUT2D eigenvalue weighted by molar-refractivity contribution is 0.240. The van der Waals surface area contributed by atoms with Gasteiger partial charge in [-0.3, -0.25) is 0 Å². The normalized spacial score (nSPS) is 36.7. The molecule has 2 atom stereocenters. The van der Waals surface area contributed by atoms with Crippen LogP contribution >= 0.6 is 0 Å². The smallest absolute Gasteiger partial charge is 0.0105 e. The second-order valence-corrected chi connectivity index (χ2v) is 4.78. The molecule has 0 aromatic carbocycles. The van der Waals surface area contributed by atoms with E-state index in [1.807, 2.05) is 0 Å². The van der Waals surface area contributed by atoms with Gasteiger partial charge in [0.25, 0.3) is 0 Å². The molecule has 0 aromatic rings. The molecule has 2 saturated carbocycles. The van der Waals surface area contributed by atoms with Gasteiger partial charge in [0.1, 0.15) is 0 Å². The molecule has 2 aliphatic carbocycles. The maximum atomic E-state index is 5.57. The van der Waals surface area contributed by atoms with E-state index in [0.29, 0.717) is 0 Å². The summed E-state index contributed by atoms with van der Waals surface area (Å²) in [6.45, 7) is 6.62. The molecule has 13 heavy (non-hydrogen) atoms. The lowest BCUT2D eigenvalue weighted by Gasteiger charge is -2.23. The average Bonchev–Trinajstić information content (AvgIpc) is 2.74. The van der Waals surface area contributed by atoms with Crippen LogP contribution in [-0.2, 0) is 0 Å². The number of hydrogen-bond donors (Lipinski definition) is 1. The standard InChI is InChI=1S/C11H22N2/c1-2-13(4-3-12)8-9-5-10-7-11(10)6-9/h9-11H,2-8,12H2,1H3. The van der Waals surface area contributed by atoms with E-state index < -0.39 is 0 Å². The van der Waals surface area contributed by atoms with Crippen LogP contribution < -0.4 is 5.73 Å². The second kappa shape index (κ2) is 3.97. The van der Waals surface area contributed by atoms with Gasteiger partial charge in [0, 0.05) is 19.6 Å². The molecule has 76 valence electrons. The minimum absolute atomic E-state index is 0.813. The molecule has 0 radical (unpaired) electrons. The van der Waals surface area contributed by atoms with Crippen molar-refractivity contribution in [2.45, 2.75) is 26.2 Å². The largest absolute Gasteiger partial charge is 0.329 e. The zero-order chi connectivity index (χ0) is 9.26. The maximum absolute atomic E-state index is 5.57. The predicted molar refractivity (Wildman–Crippen MR) is 55.5 cm³/mol. The number of nitrogens with zero attached hydrogens (tertiary/aromatic N) is 1. The van der Waals surface area contributed by atoms with Gasteiger partial charge < -0.3 is 10.6 Å². The Morgan fingerprint density at radius 2 is 1.92 bits per heavy atom. The van der Waals surface area contributed by atoms with Crippen LogP contribution in [0.2, 0.25) is 0 Å². The van der Waals surface area contributed by atoms with Gasteiger partial charge in [-0.2, -0.15) is 0 Å². The fourth-order valence-electron chi connectivity index (χ4n) is 2.92. The van der Waals surface area contributed by atoms with Crippen LogP contribution in [0, 0.1) is 17.8 Å². The van der Waals surface area contributed by atoms with Gasteiger partial charge in [-0.05, 0) is 43.6 Å². The summed E-state index contributed by atoms with van der Waals surface area (Å²) in [6.07, 6.45) is 4.55. The summed E-state index contributed by atoms with van der Waals surface area (Å²) in [4.78, 5) is 2.51. The summed E-state index contributed by atoms with van der Waals surface area (Å²) in [7, 11) is 0. The highest BCUT2D eigenvalue weighted by atomic mass is 15.1. The third-order valence-electron chi connectivity index (χ3n) is 3.75. The minimum atomic E-state index is 0.813. The van der Waals surface area contributed by atoms with E-state index in [4.69, 9.17) is 5.73 Å². The van der Waals surface area contributed by atoms with Gasteiger partial charge in [-0.1, -0.05) is 6.92 Å². The molecule has 2 heteroatoms. The van der Waals surface area contributed by atoms with E-state index in [1.54, 1.807) is 6.42 Å². The molecule has 2 N–H and O–H groups in total. The van der Waals surface area contributed by atoms with Crippen LogP contribution in [0.5, 0.6) is 0 Å². The van der Waals surface area contributed by atoms with Crippen LogP contribution in [-0.4, -0.2) is 31.1 Å². The molecule has 0 amide bonds. The van der Waals surface area contributed by atoms with Gasteiger partial charge in [0.05, 0.1) is 0 Å². The van der Waals surface area contributed by atoms with E-state index in [9.17, 15) is 0 Å².